The van der Waals surface area contributed by atoms with Crippen LogP contribution in [0.1, 0.15) is 31.4 Å². The van der Waals surface area contributed by atoms with E-state index in [2.05, 4.69) is 10.3 Å². The van der Waals surface area contributed by atoms with Gasteiger partial charge >= 0.3 is 0 Å². The van der Waals surface area contributed by atoms with Crippen molar-refractivity contribution < 1.29 is 13.6 Å². The summed E-state index contributed by atoms with van der Waals surface area (Å²) >= 11 is 0. The summed E-state index contributed by atoms with van der Waals surface area (Å²) in [6.45, 7) is 1.81. The number of nitrogens with zero attached hydrogens (tertiary/aromatic N) is 1. The number of rotatable bonds is 2. The Balaban J connectivity index is 2.00. The normalized spacial score (nSPS) is 22.5. The molecule has 5 heteroatoms. The van der Waals surface area contributed by atoms with E-state index in [0.717, 1.165) is 5.69 Å². The number of carbonyl (C=O) groups is 1. The average Bonchev–Trinajstić information content (AvgIpc) is 2.27. The van der Waals surface area contributed by atoms with Gasteiger partial charge < -0.3 is 5.32 Å². The van der Waals surface area contributed by atoms with Crippen molar-refractivity contribution in [2.75, 3.05) is 5.32 Å². The summed E-state index contributed by atoms with van der Waals surface area (Å²) < 4.78 is 26.5. The van der Waals surface area contributed by atoms with Crippen LogP contribution >= 0.6 is 0 Å². The maximum Gasteiger partial charge on any atom is 0.248 e. The van der Waals surface area contributed by atoms with Crippen molar-refractivity contribution in [1.29, 1.82) is 0 Å². The molecule has 1 N–H and O–H groups in total. The van der Waals surface area contributed by atoms with E-state index in [-0.39, 0.29) is 18.7 Å². The van der Waals surface area contributed by atoms with Crippen molar-refractivity contribution in [2.24, 2.45) is 5.92 Å². The Bertz CT molecular complexity index is 448. The SMILES string of the molecule is Cc1cc(NC(=O)C2CCCC(F)(F)C2)ccn1. The van der Waals surface area contributed by atoms with Crippen molar-refractivity contribution in [3.63, 3.8) is 0 Å². The number of anilines is 1. The van der Waals surface area contributed by atoms with E-state index in [0.29, 0.717) is 18.5 Å². The number of alkyl halides is 2. The van der Waals surface area contributed by atoms with Crippen LogP contribution in [0.5, 0.6) is 0 Å². The first-order valence-corrected chi connectivity index (χ1v) is 6.08. The van der Waals surface area contributed by atoms with Gasteiger partial charge in [-0.1, -0.05) is 0 Å². The molecule has 0 spiro atoms. The number of hydrogen-bond donors (Lipinski definition) is 1. The molecule has 0 saturated heterocycles. The number of nitrogens with one attached hydrogen (secondary N) is 1. The molecule has 0 radical (unpaired) electrons. The number of aryl methyl sites for hydroxylation is 1. The molecule has 3 nitrogen and oxygen atoms in total. The van der Waals surface area contributed by atoms with E-state index in [4.69, 9.17) is 0 Å². The van der Waals surface area contributed by atoms with Gasteiger partial charge in [0.2, 0.25) is 11.8 Å². The van der Waals surface area contributed by atoms with E-state index in [9.17, 15) is 13.6 Å². The Kier molecular flexibility index (Phi) is 3.59. The van der Waals surface area contributed by atoms with Crippen LogP contribution in [0, 0.1) is 12.8 Å². The largest absolute Gasteiger partial charge is 0.326 e. The van der Waals surface area contributed by atoms with Crippen molar-refractivity contribution in [3.05, 3.63) is 24.0 Å². The molecule has 1 aliphatic carbocycles. The van der Waals surface area contributed by atoms with Crippen LogP contribution in [0.15, 0.2) is 18.3 Å². The topological polar surface area (TPSA) is 42.0 Å². The summed E-state index contributed by atoms with van der Waals surface area (Å²) in [6.07, 6.45) is 2.07. The molecule has 1 aliphatic rings. The average molecular weight is 254 g/mol. The lowest BCUT2D eigenvalue weighted by Crippen LogP contribution is -2.33. The van der Waals surface area contributed by atoms with Crippen LogP contribution < -0.4 is 5.32 Å². The molecule has 1 saturated carbocycles. The predicted molar refractivity (Wildman–Crippen MR) is 64.5 cm³/mol. The number of carbonyl (C=O) groups excluding carboxylic acids is 1. The molecule has 98 valence electrons. The molecule has 0 aliphatic heterocycles. The number of hydrogen-bond acceptors (Lipinski definition) is 2. The summed E-state index contributed by atoms with van der Waals surface area (Å²) in [5.74, 6) is -3.61. The molecule has 0 bridgehead atoms. The highest BCUT2D eigenvalue weighted by atomic mass is 19.3. The fourth-order valence-electron chi connectivity index (χ4n) is 2.26. The molecule has 1 aromatic heterocycles. The minimum Gasteiger partial charge on any atom is -0.326 e. The highest BCUT2D eigenvalue weighted by Crippen LogP contribution is 2.37. The zero-order valence-electron chi connectivity index (χ0n) is 10.2. The Morgan fingerprint density at radius 3 is 3.00 bits per heavy atom. The van der Waals surface area contributed by atoms with E-state index in [1.807, 2.05) is 6.92 Å². The highest BCUT2D eigenvalue weighted by molar-refractivity contribution is 5.92. The summed E-state index contributed by atoms with van der Waals surface area (Å²) in [4.78, 5) is 15.9. The van der Waals surface area contributed by atoms with Crippen LogP contribution in [0.2, 0.25) is 0 Å². The fourth-order valence-corrected chi connectivity index (χ4v) is 2.26. The fraction of sp³-hybridized carbons (Fsp3) is 0.538. The van der Waals surface area contributed by atoms with Gasteiger partial charge in [0.15, 0.2) is 0 Å². The third kappa shape index (κ3) is 3.24. The molecule has 2 rings (SSSR count). The Morgan fingerprint density at radius 2 is 2.33 bits per heavy atom. The van der Waals surface area contributed by atoms with Crippen molar-refractivity contribution in [2.45, 2.75) is 38.5 Å². The van der Waals surface area contributed by atoms with Crippen LogP contribution in [0.4, 0.5) is 14.5 Å². The molecular formula is C13H16F2N2O. The molecule has 1 aromatic rings. The monoisotopic (exact) mass is 254 g/mol. The lowest BCUT2D eigenvalue weighted by Gasteiger charge is -2.27. The van der Waals surface area contributed by atoms with Crippen molar-refractivity contribution in [1.82, 2.24) is 4.98 Å². The molecule has 1 fully saturated rings. The maximum absolute atomic E-state index is 13.2. The first kappa shape index (κ1) is 12.9. The van der Waals surface area contributed by atoms with E-state index in [1.165, 1.54) is 0 Å². The van der Waals surface area contributed by atoms with Gasteiger partial charge in [0.1, 0.15) is 0 Å². The van der Waals surface area contributed by atoms with Crippen LogP contribution in [0.3, 0.4) is 0 Å². The quantitative estimate of drug-likeness (QED) is 0.880. The lowest BCUT2D eigenvalue weighted by molar-refractivity contribution is -0.127. The van der Waals surface area contributed by atoms with Crippen molar-refractivity contribution >= 4 is 11.6 Å². The summed E-state index contributed by atoms with van der Waals surface area (Å²) in [7, 11) is 0. The van der Waals surface area contributed by atoms with Gasteiger partial charge in [0.25, 0.3) is 0 Å². The number of amides is 1. The number of pyridine rings is 1. The van der Waals surface area contributed by atoms with Gasteiger partial charge in [-0.15, -0.1) is 0 Å². The van der Waals surface area contributed by atoms with Crippen LogP contribution in [0.25, 0.3) is 0 Å². The van der Waals surface area contributed by atoms with Gasteiger partial charge in [-0.05, 0) is 31.9 Å². The first-order chi connectivity index (χ1) is 8.46. The Labute approximate surface area is 105 Å². The minimum atomic E-state index is -2.70. The van der Waals surface area contributed by atoms with Gasteiger partial charge in [0.05, 0.1) is 0 Å². The van der Waals surface area contributed by atoms with Gasteiger partial charge in [0, 0.05) is 36.3 Å². The lowest BCUT2D eigenvalue weighted by atomic mass is 9.86. The number of aromatic nitrogens is 1. The minimum absolute atomic E-state index is 0.106. The second-order valence-corrected chi connectivity index (χ2v) is 4.82. The van der Waals surface area contributed by atoms with Gasteiger partial charge in [-0.2, -0.15) is 0 Å². The Morgan fingerprint density at radius 1 is 1.56 bits per heavy atom. The smallest absolute Gasteiger partial charge is 0.248 e. The summed E-state index contributed by atoms with van der Waals surface area (Å²) in [5, 5.41) is 2.68. The maximum atomic E-state index is 13.2. The zero-order chi connectivity index (χ0) is 13.2. The second kappa shape index (κ2) is 5.00. The molecule has 18 heavy (non-hydrogen) atoms. The van der Waals surface area contributed by atoms with Crippen LogP contribution in [-0.4, -0.2) is 16.8 Å². The molecule has 1 amide bonds. The molecule has 0 aromatic carbocycles. The molecular weight excluding hydrogens is 238 g/mol. The first-order valence-electron chi connectivity index (χ1n) is 6.08. The standard InChI is InChI=1S/C13H16F2N2O/c1-9-7-11(4-6-16-9)17-12(18)10-3-2-5-13(14,15)8-10/h4,6-7,10H,2-3,5,8H2,1H3,(H,16,17,18). The molecule has 1 heterocycles. The van der Waals surface area contributed by atoms with E-state index in [1.54, 1.807) is 18.3 Å². The molecule has 1 unspecified atom stereocenters. The van der Waals surface area contributed by atoms with Gasteiger partial charge in [-0.3, -0.25) is 9.78 Å². The third-order valence-electron chi connectivity index (χ3n) is 3.18. The van der Waals surface area contributed by atoms with Crippen LogP contribution in [-0.2, 0) is 4.79 Å². The summed E-state index contributed by atoms with van der Waals surface area (Å²) in [5.41, 5.74) is 1.39. The molecule has 1 atom stereocenters. The highest BCUT2D eigenvalue weighted by Gasteiger charge is 2.39. The summed E-state index contributed by atoms with van der Waals surface area (Å²) in [6, 6.07) is 3.38. The Hall–Kier alpha value is -1.52. The zero-order valence-corrected chi connectivity index (χ0v) is 10.2. The van der Waals surface area contributed by atoms with Crippen molar-refractivity contribution in [3.8, 4) is 0 Å². The predicted octanol–water partition coefficient (Wildman–Crippen LogP) is 3.15. The van der Waals surface area contributed by atoms with Gasteiger partial charge in [-0.25, -0.2) is 8.78 Å². The third-order valence-corrected chi connectivity index (χ3v) is 3.18. The van der Waals surface area contributed by atoms with E-state index < -0.39 is 11.8 Å². The van der Waals surface area contributed by atoms with E-state index >= 15 is 0 Å². The number of halogens is 2. The second-order valence-electron chi connectivity index (χ2n) is 4.82.